The molecule has 2 rings (SSSR count). The summed E-state index contributed by atoms with van der Waals surface area (Å²) in [5.74, 6) is 0.366. The fraction of sp³-hybridized carbons (Fsp3) is 0.538. The molecule has 0 aliphatic carbocycles. The van der Waals surface area contributed by atoms with E-state index in [-0.39, 0.29) is 11.4 Å². The summed E-state index contributed by atoms with van der Waals surface area (Å²) >= 11 is 0. The molecule has 0 bridgehead atoms. The Bertz CT molecular complexity index is 562. The standard InChI is InChI=1S/C13H19N5O5/c19-17(20)13-10-11(4-5-12(13)14-15-18(21)22)23-9-3-8-16-6-1-2-7-16/h4-5,10,14-15H,1-3,6-9H2. The number of nitrogens with one attached hydrogen (secondary N) is 2. The number of likely N-dealkylation sites (tertiary alicyclic amines) is 1. The van der Waals surface area contributed by atoms with Crippen molar-refractivity contribution in [1.82, 2.24) is 10.4 Å². The molecule has 1 heterocycles. The number of hydrogen-bond acceptors (Lipinski definition) is 7. The molecule has 10 heteroatoms. The average molecular weight is 325 g/mol. The first kappa shape index (κ1) is 16.7. The first-order valence-electron chi connectivity index (χ1n) is 7.36. The summed E-state index contributed by atoms with van der Waals surface area (Å²) in [6.45, 7) is 3.66. The van der Waals surface area contributed by atoms with Crippen LogP contribution in [0.25, 0.3) is 0 Å². The molecule has 1 aliphatic heterocycles. The number of hydrogen-bond donors (Lipinski definition) is 2. The van der Waals surface area contributed by atoms with Crippen molar-refractivity contribution < 1.29 is 14.7 Å². The van der Waals surface area contributed by atoms with Crippen molar-refractivity contribution in [3.05, 3.63) is 38.4 Å². The van der Waals surface area contributed by atoms with Crippen LogP contribution in [0.4, 0.5) is 11.4 Å². The Balaban J connectivity index is 1.87. The molecule has 0 radical (unpaired) electrons. The molecule has 23 heavy (non-hydrogen) atoms. The van der Waals surface area contributed by atoms with Gasteiger partial charge in [0.2, 0.25) is 0 Å². The van der Waals surface area contributed by atoms with Crippen molar-refractivity contribution in [1.29, 1.82) is 0 Å². The highest BCUT2D eigenvalue weighted by Crippen LogP contribution is 2.28. The molecule has 0 unspecified atom stereocenters. The van der Waals surface area contributed by atoms with E-state index in [0.717, 1.165) is 26.1 Å². The zero-order valence-corrected chi connectivity index (χ0v) is 12.6. The first-order chi connectivity index (χ1) is 11.1. The monoisotopic (exact) mass is 325 g/mol. The normalized spacial score (nSPS) is 14.4. The van der Waals surface area contributed by atoms with Gasteiger partial charge >= 0.3 is 0 Å². The average Bonchev–Trinajstić information content (AvgIpc) is 3.03. The maximum Gasteiger partial charge on any atom is 0.297 e. The second-order valence-corrected chi connectivity index (χ2v) is 5.18. The summed E-state index contributed by atoms with van der Waals surface area (Å²) in [7, 11) is 0. The number of nitro benzene ring substituents is 1. The molecule has 0 saturated carbocycles. The number of hydrazine groups is 2. The molecule has 0 aromatic heterocycles. The summed E-state index contributed by atoms with van der Waals surface area (Å²) in [4.78, 5) is 23.0. The Morgan fingerprint density at radius 1 is 1.22 bits per heavy atom. The lowest BCUT2D eigenvalue weighted by Gasteiger charge is -2.14. The van der Waals surface area contributed by atoms with Gasteiger partial charge in [-0.15, -0.1) is 0 Å². The van der Waals surface area contributed by atoms with Gasteiger partial charge in [0, 0.05) is 6.54 Å². The highest BCUT2D eigenvalue weighted by atomic mass is 16.7. The Morgan fingerprint density at radius 3 is 2.61 bits per heavy atom. The lowest BCUT2D eigenvalue weighted by atomic mass is 10.2. The van der Waals surface area contributed by atoms with E-state index in [1.165, 1.54) is 31.0 Å². The van der Waals surface area contributed by atoms with Crippen LogP contribution in [0.3, 0.4) is 0 Å². The van der Waals surface area contributed by atoms with Gasteiger partial charge in [0.25, 0.3) is 5.69 Å². The maximum absolute atomic E-state index is 11.0. The fourth-order valence-electron chi connectivity index (χ4n) is 2.45. The minimum absolute atomic E-state index is 0.00360. The van der Waals surface area contributed by atoms with Gasteiger partial charge < -0.3 is 9.64 Å². The van der Waals surface area contributed by atoms with Gasteiger partial charge in [-0.1, -0.05) is 0 Å². The van der Waals surface area contributed by atoms with Crippen molar-refractivity contribution in [3.63, 3.8) is 0 Å². The lowest BCUT2D eigenvalue weighted by molar-refractivity contribution is -0.538. The zero-order chi connectivity index (χ0) is 16.7. The van der Waals surface area contributed by atoms with E-state index in [2.05, 4.69) is 10.3 Å². The van der Waals surface area contributed by atoms with Gasteiger partial charge in [-0.25, -0.2) is 15.5 Å². The van der Waals surface area contributed by atoms with E-state index in [4.69, 9.17) is 4.74 Å². The fourth-order valence-corrected chi connectivity index (χ4v) is 2.45. The van der Waals surface area contributed by atoms with Crippen LogP contribution in [0.1, 0.15) is 19.3 Å². The highest BCUT2D eigenvalue weighted by molar-refractivity contribution is 5.63. The molecule has 1 saturated heterocycles. The van der Waals surface area contributed by atoms with E-state index in [0.29, 0.717) is 12.4 Å². The van der Waals surface area contributed by atoms with Crippen LogP contribution in [0.15, 0.2) is 18.2 Å². The maximum atomic E-state index is 11.0. The predicted octanol–water partition coefficient (Wildman–Crippen LogP) is 1.57. The minimum Gasteiger partial charge on any atom is -0.493 e. The third-order valence-electron chi connectivity index (χ3n) is 3.53. The molecular formula is C13H19N5O5. The van der Waals surface area contributed by atoms with Crippen LogP contribution < -0.4 is 15.7 Å². The van der Waals surface area contributed by atoms with Crippen LogP contribution in [0, 0.1) is 20.2 Å². The van der Waals surface area contributed by atoms with Crippen molar-refractivity contribution in [2.24, 2.45) is 0 Å². The first-order valence-corrected chi connectivity index (χ1v) is 7.36. The molecule has 1 fully saturated rings. The number of ether oxygens (including phenoxy) is 1. The highest BCUT2D eigenvalue weighted by Gasteiger charge is 2.16. The van der Waals surface area contributed by atoms with Gasteiger partial charge in [0.05, 0.1) is 17.6 Å². The van der Waals surface area contributed by atoms with Gasteiger partial charge in [0.1, 0.15) is 11.4 Å². The summed E-state index contributed by atoms with van der Waals surface area (Å²) < 4.78 is 5.52. The molecule has 10 nitrogen and oxygen atoms in total. The Labute approximate surface area is 132 Å². The van der Waals surface area contributed by atoms with Gasteiger partial charge in [-0.05, 0) is 50.0 Å². The second kappa shape index (κ2) is 8.13. The van der Waals surface area contributed by atoms with Crippen LogP contribution in [0.2, 0.25) is 0 Å². The zero-order valence-electron chi connectivity index (χ0n) is 12.6. The van der Waals surface area contributed by atoms with Crippen molar-refractivity contribution in [2.75, 3.05) is 31.7 Å². The topological polar surface area (TPSA) is 123 Å². The number of rotatable bonds is 9. The van der Waals surface area contributed by atoms with Crippen molar-refractivity contribution in [2.45, 2.75) is 19.3 Å². The molecule has 2 N–H and O–H groups in total. The van der Waals surface area contributed by atoms with Crippen molar-refractivity contribution >= 4 is 11.4 Å². The number of benzene rings is 1. The van der Waals surface area contributed by atoms with Crippen LogP contribution in [0.5, 0.6) is 5.75 Å². The SMILES string of the molecule is O=[N+]([O-])NNc1ccc(OCCCN2CCCC2)cc1[N+](=O)[O-]. The summed E-state index contributed by atoms with van der Waals surface area (Å²) in [6, 6.07) is 4.15. The molecule has 0 amide bonds. The van der Waals surface area contributed by atoms with E-state index in [1.807, 2.05) is 0 Å². The summed E-state index contributed by atoms with van der Waals surface area (Å²) in [6.07, 6.45) is 3.32. The molecule has 1 aliphatic rings. The van der Waals surface area contributed by atoms with E-state index in [1.54, 1.807) is 5.53 Å². The molecule has 0 spiro atoms. The lowest BCUT2D eigenvalue weighted by Crippen LogP contribution is -2.28. The van der Waals surface area contributed by atoms with E-state index >= 15 is 0 Å². The quantitative estimate of drug-likeness (QED) is 0.398. The third-order valence-corrected chi connectivity index (χ3v) is 3.53. The smallest absolute Gasteiger partial charge is 0.297 e. The summed E-state index contributed by atoms with van der Waals surface area (Å²) in [5, 5.41) is 20.4. The molecule has 126 valence electrons. The van der Waals surface area contributed by atoms with Crippen LogP contribution in [-0.4, -0.2) is 41.1 Å². The predicted molar refractivity (Wildman–Crippen MR) is 82.6 cm³/mol. The van der Waals surface area contributed by atoms with Gasteiger partial charge in [-0.2, -0.15) is 0 Å². The number of anilines is 1. The Kier molecular flexibility index (Phi) is 5.92. The van der Waals surface area contributed by atoms with Gasteiger partial charge in [0.15, 0.2) is 5.03 Å². The largest absolute Gasteiger partial charge is 0.493 e. The second-order valence-electron chi connectivity index (χ2n) is 5.18. The Hall–Kier alpha value is -2.62. The molecule has 1 aromatic carbocycles. The van der Waals surface area contributed by atoms with E-state index < -0.39 is 9.96 Å². The van der Waals surface area contributed by atoms with Gasteiger partial charge in [-0.3, -0.25) is 10.1 Å². The van der Waals surface area contributed by atoms with E-state index in [9.17, 15) is 20.2 Å². The van der Waals surface area contributed by atoms with Crippen LogP contribution >= 0.6 is 0 Å². The molecule has 1 aromatic rings. The number of nitro groups is 2. The van der Waals surface area contributed by atoms with Crippen molar-refractivity contribution in [3.8, 4) is 5.75 Å². The Morgan fingerprint density at radius 2 is 1.96 bits per heavy atom. The summed E-state index contributed by atoms with van der Waals surface area (Å²) in [5.41, 5.74) is 3.56. The third kappa shape index (κ3) is 5.25. The van der Waals surface area contributed by atoms with Crippen LogP contribution in [-0.2, 0) is 0 Å². The minimum atomic E-state index is -0.841. The number of nitrogens with zero attached hydrogens (tertiary/aromatic N) is 3. The molecular weight excluding hydrogens is 306 g/mol. The molecule has 0 atom stereocenters.